The van der Waals surface area contributed by atoms with E-state index in [-0.39, 0.29) is 18.6 Å². The van der Waals surface area contributed by atoms with Crippen LogP contribution >= 0.6 is 0 Å². The van der Waals surface area contributed by atoms with E-state index >= 15 is 0 Å². The van der Waals surface area contributed by atoms with E-state index in [1.165, 1.54) is 0 Å². The molecule has 1 N–H and O–H groups in total. The Balaban J connectivity index is 2.33. The van der Waals surface area contributed by atoms with Gasteiger partial charge < -0.3 is 14.7 Å². The normalized spacial score (nSPS) is 19.3. The Morgan fingerprint density at radius 1 is 1.53 bits per heavy atom. The van der Waals surface area contributed by atoms with E-state index in [4.69, 9.17) is 9.84 Å². The zero-order chi connectivity index (χ0) is 11.3. The van der Waals surface area contributed by atoms with Crippen molar-refractivity contribution in [3.63, 3.8) is 0 Å². The first-order valence-corrected chi connectivity index (χ1v) is 5.31. The van der Waals surface area contributed by atoms with Crippen molar-refractivity contribution in [2.24, 2.45) is 0 Å². The van der Waals surface area contributed by atoms with Crippen LogP contribution in [0.15, 0.2) is 0 Å². The van der Waals surface area contributed by atoms with Crippen LogP contribution in [0.25, 0.3) is 0 Å². The number of ether oxygens (including phenoxy) is 1. The molecule has 15 heavy (non-hydrogen) atoms. The topological polar surface area (TPSA) is 53.0 Å². The third-order valence-electron chi connectivity index (χ3n) is 2.77. The van der Waals surface area contributed by atoms with Gasteiger partial charge in [-0.1, -0.05) is 0 Å². The second kappa shape index (κ2) is 6.05. The average molecular weight is 216 g/mol. The molecule has 1 fully saturated rings. The van der Waals surface area contributed by atoms with Crippen LogP contribution in [0.1, 0.15) is 6.92 Å². The first-order chi connectivity index (χ1) is 7.15. The summed E-state index contributed by atoms with van der Waals surface area (Å²) >= 11 is 0. The summed E-state index contributed by atoms with van der Waals surface area (Å²) in [6.45, 7) is 4.96. The molecule has 0 bridgehead atoms. The van der Waals surface area contributed by atoms with Gasteiger partial charge in [0.25, 0.3) is 0 Å². The third kappa shape index (κ3) is 3.77. The largest absolute Gasteiger partial charge is 0.395 e. The predicted molar refractivity (Wildman–Crippen MR) is 56.6 cm³/mol. The first kappa shape index (κ1) is 12.4. The fourth-order valence-corrected chi connectivity index (χ4v) is 1.42. The molecule has 1 saturated heterocycles. The van der Waals surface area contributed by atoms with Crippen LogP contribution in [0.5, 0.6) is 0 Å². The van der Waals surface area contributed by atoms with E-state index in [9.17, 15) is 4.79 Å². The summed E-state index contributed by atoms with van der Waals surface area (Å²) in [6, 6.07) is 0.0231. The summed E-state index contributed by atoms with van der Waals surface area (Å²) in [5.41, 5.74) is 0. The number of morpholine rings is 1. The van der Waals surface area contributed by atoms with Crippen molar-refractivity contribution in [3.05, 3.63) is 0 Å². The summed E-state index contributed by atoms with van der Waals surface area (Å²) in [6.07, 6.45) is 0. The summed E-state index contributed by atoms with van der Waals surface area (Å²) in [5.74, 6) is 0.112. The number of hydrogen-bond acceptors (Lipinski definition) is 4. The van der Waals surface area contributed by atoms with E-state index in [2.05, 4.69) is 0 Å². The van der Waals surface area contributed by atoms with Gasteiger partial charge >= 0.3 is 0 Å². The number of aliphatic hydroxyl groups is 1. The number of carbonyl (C=O) groups is 1. The van der Waals surface area contributed by atoms with Gasteiger partial charge in [-0.3, -0.25) is 9.69 Å². The lowest BCUT2D eigenvalue weighted by Gasteiger charge is -2.30. The molecule has 0 aromatic rings. The summed E-state index contributed by atoms with van der Waals surface area (Å²) < 4.78 is 5.18. The lowest BCUT2D eigenvalue weighted by atomic mass is 10.3. The van der Waals surface area contributed by atoms with Gasteiger partial charge in [-0.05, 0) is 14.0 Å². The molecule has 0 radical (unpaired) electrons. The third-order valence-corrected chi connectivity index (χ3v) is 2.77. The van der Waals surface area contributed by atoms with Crippen LogP contribution in [0.2, 0.25) is 0 Å². The van der Waals surface area contributed by atoms with Crippen molar-refractivity contribution in [2.75, 3.05) is 46.5 Å². The fourth-order valence-electron chi connectivity index (χ4n) is 1.42. The Morgan fingerprint density at radius 3 is 2.67 bits per heavy atom. The molecule has 0 aromatic heterocycles. The van der Waals surface area contributed by atoms with E-state index in [0.29, 0.717) is 32.8 Å². The molecule has 1 rings (SSSR count). The zero-order valence-corrected chi connectivity index (χ0v) is 9.48. The smallest absolute Gasteiger partial charge is 0.236 e. The zero-order valence-electron chi connectivity index (χ0n) is 9.48. The monoisotopic (exact) mass is 216 g/mol. The highest BCUT2D eigenvalue weighted by atomic mass is 16.5. The standard InChI is InChI=1S/C10H20N2O3/c1-9(8-13)11(2)7-10(14)12-3-5-15-6-4-12/h9,13H,3-8H2,1-2H3. The molecule has 5 nitrogen and oxygen atoms in total. The Morgan fingerprint density at radius 2 is 2.13 bits per heavy atom. The maximum absolute atomic E-state index is 11.8. The second-order valence-corrected chi connectivity index (χ2v) is 3.94. The molecular weight excluding hydrogens is 196 g/mol. The van der Waals surface area contributed by atoms with Crippen LogP contribution in [-0.2, 0) is 9.53 Å². The van der Waals surface area contributed by atoms with Crippen molar-refractivity contribution in [1.29, 1.82) is 0 Å². The molecule has 0 spiro atoms. The highest BCUT2D eigenvalue weighted by Gasteiger charge is 2.19. The number of nitrogens with zero attached hydrogens (tertiary/aromatic N) is 2. The number of carbonyl (C=O) groups excluding carboxylic acids is 1. The molecule has 1 unspecified atom stereocenters. The molecular formula is C10H20N2O3. The van der Waals surface area contributed by atoms with Crippen molar-refractivity contribution in [3.8, 4) is 0 Å². The predicted octanol–water partition coefficient (Wildman–Crippen LogP) is -0.842. The number of aliphatic hydroxyl groups excluding tert-OH is 1. The Hall–Kier alpha value is -0.650. The van der Waals surface area contributed by atoms with E-state index in [1.807, 2.05) is 23.8 Å². The van der Waals surface area contributed by atoms with Crippen LogP contribution in [0.3, 0.4) is 0 Å². The molecule has 1 atom stereocenters. The van der Waals surface area contributed by atoms with Crippen LogP contribution in [0, 0.1) is 0 Å². The van der Waals surface area contributed by atoms with Crippen molar-refractivity contribution < 1.29 is 14.6 Å². The second-order valence-electron chi connectivity index (χ2n) is 3.94. The number of hydrogen-bond donors (Lipinski definition) is 1. The molecule has 0 saturated carbocycles. The summed E-state index contributed by atoms with van der Waals surface area (Å²) in [4.78, 5) is 15.4. The van der Waals surface area contributed by atoms with E-state index in [1.54, 1.807) is 0 Å². The van der Waals surface area contributed by atoms with Crippen molar-refractivity contribution in [1.82, 2.24) is 9.80 Å². The van der Waals surface area contributed by atoms with Gasteiger partial charge in [-0.15, -0.1) is 0 Å². The van der Waals surface area contributed by atoms with Crippen molar-refractivity contribution >= 4 is 5.91 Å². The van der Waals surface area contributed by atoms with Gasteiger partial charge in [0.15, 0.2) is 0 Å². The fraction of sp³-hybridized carbons (Fsp3) is 0.900. The minimum Gasteiger partial charge on any atom is -0.395 e. The Bertz CT molecular complexity index is 205. The summed E-state index contributed by atoms with van der Waals surface area (Å²) in [5, 5.41) is 8.94. The summed E-state index contributed by atoms with van der Waals surface area (Å²) in [7, 11) is 1.85. The minimum absolute atomic E-state index is 0.0231. The maximum Gasteiger partial charge on any atom is 0.236 e. The van der Waals surface area contributed by atoms with Gasteiger partial charge in [-0.2, -0.15) is 0 Å². The quantitative estimate of drug-likeness (QED) is 0.665. The first-order valence-electron chi connectivity index (χ1n) is 5.31. The van der Waals surface area contributed by atoms with Crippen LogP contribution in [0.4, 0.5) is 0 Å². The lowest BCUT2D eigenvalue weighted by molar-refractivity contribution is -0.136. The molecule has 88 valence electrons. The Kier molecular flexibility index (Phi) is 5.01. The number of amides is 1. The molecule has 1 aliphatic heterocycles. The van der Waals surface area contributed by atoms with Crippen LogP contribution < -0.4 is 0 Å². The number of likely N-dealkylation sites (N-methyl/N-ethyl adjacent to an activating group) is 1. The van der Waals surface area contributed by atoms with E-state index in [0.717, 1.165) is 0 Å². The molecule has 1 amide bonds. The molecule has 5 heteroatoms. The molecule has 0 aromatic carbocycles. The van der Waals surface area contributed by atoms with Crippen LogP contribution in [-0.4, -0.2) is 73.4 Å². The van der Waals surface area contributed by atoms with Gasteiger partial charge in [0.2, 0.25) is 5.91 Å². The highest BCUT2D eigenvalue weighted by molar-refractivity contribution is 5.78. The number of rotatable bonds is 4. The van der Waals surface area contributed by atoms with Gasteiger partial charge in [0.05, 0.1) is 26.4 Å². The minimum atomic E-state index is 0.0231. The molecule has 1 heterocycles. The highest BCUT2D eigenvalue weighted by Crippen LogP contribution is 2.00. The lowest BCUT2D eigenvalue weighted by Crippen LogP contribution is -2.47. The van der Waals surface area contributed by atoms with Gasteiger partial charge in [-0.25, -0.2) is 0 Å². The van der Waals surface area contributed by atoms with Gasteiger partial charge in [0, 0.05) is 19.1 Å². The van der Waals surface area contributed by atoms with E-state index < -0.39 is 0 Å². The Labute approximate surface area is 90.6 Å². The van der Waals surface area contributed by atoms with Gasteiger partial charge in [0.1, 0.15) is 0 Å². The SMILES string of the molecule is CC(CO)N(C)CC(=O)N1CCOCC1. The van der Waals surface area contributed by atoms with Crippen molar-refractivity contribution in [2.45, 2.75) is 13.0 Å². The maximum atomic E-state index is 11.8. The molecule has 1 aliphatic rings. The molecule has 0 aliphatic carbocycles. The average Bonchev–Trinajstić information content (AvgIpc) is 2.29.